The number of hydrogen-bond acceptors (Lipinski definition) is 3. The SMILES string of the molecule is CC(C)c1cccc(C(C)C)c1N1[C](c2ccc(N(c3ccc4c(c3)-c3ccccc3C4(C)C)c3ccc4c(c3)C(C)(C)c3ccccc3-4)cc2)N(c2c(C(C)C)cccc2C(C)C)c2ccccc21. The van der Waals surface area contributed by atoms with Crippen LogP contribution in [0.2, 0.25) is 0 Å². The predicted molar refractivity (Wildman–Crippen MR) is 299 cm³/mol. The standard InChI is InChI=1S/C67H68N3/c1-41(2)49-23-19-24-50(42(3)4)63(49)69-61-29-17-18-30-62(61)70(64-51(43(5)6)25-20-26-52(64)44(7)8)65(69)45-31-33-46(34-32-45)68(47-36-38-59-56(39-47)54-22-14-16-28-58(54)66(59,9)10)48-35-37-55-53-21-13-15-27-57(53)67(11,12)60(55)40-48/h13-44H,1-12H3. The van der Waals surface area contributed by atoms with Crippen molar-refractivity contribution in [2.24, 2.45) is 0 Å². The monoisotopic (exact) mass is 915 g/mol. The van der Waals surface area contributed by atoms with E-state index >= 15 is 0 Å². The van der Waals surface area contributed by atoms with Crippen LogP contribution in [0.4, 0.5) is 39.8 Å². The lowest BCUT2D eigenvalue weighted by Gasteiger charge is -2.38. The van der Waals surface area contributed by atoms with E-state index in [0.29, 0.717) is 23.7 Å². The van der Waals surface area contributed by atoms with Gasteiger partial charge in [-0.25, -0.2) is 0 Å². The molecular formula is C67H68N3. The van der Waals surface area contributed by atoms with Crippen LogP contribution in [-0.2, 0) is 10.8 Å². The first-order valence-electron chi connectivity index (χ1n) is 25.8. The average molecular weight is 915 g/mol. The van der Waals surface area contributed by atoms with Gasteiger partial charge in [-0.2, -0.15) is 0 Å². The zero-order valence-electron chi connectivity index (χ0n) is 43.3. The van der Waals surface area contributed by atoms with Crippen LogP contribution in [0.25, 0.3) is 22.3 Å². The smallest absolute Gasteiger partial charge is 0.196 e. The molecule has 2 aliphatic carbocycles. The molecule has 3 aliphatic rings. The van der Waals surface area contributed by atoms with Gasteiger partial charge in [0.25, 0.3) is 0 Å². The second kappa shape index (κ2) is 16.9. The molecule has 0 bridgehead atoms. The third-order valence-corrected chi connectivity index (χ3v) is 16.0. The van der Waals surface area contributed by atoms with Gasteiger partial charge in [-0.1, -0.05) is 204 Å². The summed E-state index contributed by atoms with van der Waals surface area (Å²) < 4.78 is 0. The molecule has 1 heterocycles. The van der Waals surface area contributed by atoms with Gasteiger partial charge < -0.3 is 14.7 Å². The molecule has 3 heteroatoms. The lowest BCUT2D eigenvalue weighted by atomic mass is 9.82. The number of anilines is 7. The molecule has 3 nitrogen and oxygen atoms in total. The number of fused-ring (bicyclic) bond motifs is 7. The van der Waals surface area contributed by atoms with Gasteiger partial charge in [0.1, 0.15) is 0 Å². The first kappa shape index (κ1) is 45.6. The Labute approximate surface area is 418 Å². The number of hydrogen-bond donors (Lipinski definition) is 0. The maximum absolute atomic E-state index is 2.62. The van der Waals surface area contributed by atoms with E-state index in [-0.39, 0.29) is 10.8 Å². The maximum Gasteiger partial charge on any atom is 0.196 e. The van der Waals surface area contributed by atoms with Crippen LogP contribution in [-0.4, -0.2) is 0 Å². The zero-order chi connectivity index (χ0) is 49.0. The van der Waals surface area contributed by atoms with Gasteiger partial charge in [0.05, 0.1) is 22.7 Å². The Morgan fingerprint density at radius 1 is 0.343 bits per heavy atom. The van der Waals surface area contributed by atoms with Crippen LogP contribution in [0.5, 0.6) is 0 Å². The first-order valence-corrected chi connectivity index (χ1v) is 25.8. The van der Waals surface area contributed by atoms with E-state index < -0.39 is 0 Å². The van der Waals surface area contributed by atoms with Gasteiger partial charge in [0, 0.05) is 33.5 Å². The van der Waals surface area contributed by atoms with Crippen molar-refractivity contribution in [1.82, 2.24) is 0 Å². The highest BCUT2D eigenvalue weighted by atomic mass is 15.4. The molecule has 1 radical (unpaired) electrons. The summed E-state index contributed by atoms with van der Waals surface area (Å²) in [6.07, 6.45) is 1.16. The predicted octanol–water partition coefficient (Wildman–Crippen LogP) is 19.1. The van der Waals surface area contributed by atoms with Crippen LogP contribution in [0.3, 0.4) is 0 Å². The summed E-state index contributed by atoms with van der Waals surface area (Å²) in [5, 5.41) is 0. The van der Waals surface area contributed by atoms with Gasteiger partial charge in [-0.05, 0) is 139 Å². The Balaban J connectivity index is 1.14. The highest BCUT2D eigenvalue weighted by Crippen LogP contribution is 2.59. The molecule has 0 unspecified atom stereocenters. The van der Waals surface area contributed by atoms with Crippen molar-refractivity contribution < 1.29 is 0 Å². The quantitative estimate of drug-likeness (QED) is 0.135. The van der Waals surface area contributed by atoms with Gasteiger partial charge in [0.2, 0.25) is 0 Å². The van der Waals surface area contributed by atoms with E-state index in [1.165, 1.54) is 89.5 Å². The zero-order valence-corrected chi connectivity index (χ0v) is 43.3. The lowest BCUT2D eigenvalue weighted by molar-refractivity contribution is 0.660. The van der Waals surface area contributed by atoms with Crippen LogP contribution in [0.1, 0.15) is 157 Å². The van der Waals surface area contributed by atoms with Crippen LogP contribution < -0.4 is 14.7 Å². The van der Waals surface area contributed by atoms with E-state index in [2.05, 4.69) is 268 Å². The second-order valence-corrected chi connectivity index (χ2v) is 22.4. The largest absolute Gasteiger partial charge is 0.310 e. The average Bonchev–Trinajstić information content (AvgIpc) is 3.90. The summed E-state index contributed by atoms with van der Waals surface area (Å²) in [7, 11) is 0. The van der Waals surface area contributed by atoms with Crippen molar-refractivity contribution in [3.8, 4) is 22.3 Å². The Bertz CT molecular complexity index is 3170. The van der Waals surface area contributed by atoms with Gasteiger partial charge in [-0.15, -0.1) is 0 Å². The number of benzene rings is 8. The second-order valence-electron chi connectivity index (χ2n) is 22.4. The highest BCUT2D eigenvalue weighted by molar-refractivity contribution is 5.97. The fraction of sp³-hybridized carbons (Fsp3) is 0.269. The molecule has 0 saturated heterocycles. The van der Waals surface area contributed by atoms with E-state index in [4.69, 9.17) is 0 Å². The molecule has 351 valence electrons. The highest BCUT2D eigenvalue weighted by Gasteiger charge is 2.44. The summed E-state index contributed by atoms with van der Waals surface area (Å²) in [4.78, 5) is 7.73. The van der Waals surface area contributed by atoms with Crippen molar-refractivity contribution >= 4 is 39.8 Å². The van der Waals surface area contributed by atoms with Gasteiger partial charge in [-0.3, -0.25) is 0 Å². The maximum atomic E-state index is 2.62. The number of para-hydroxylation sites is 4. The lowest BCUT2D eigenvalue weighted by Crippen LogP contribution is -2.33. The molecule has 0 atom stereocenters. The first-order chi connectivity index (χ1) is 33.6. The molecule has 0 aromatic heterocycles. The summed E-state index contributed by atoms with van der Waals surface area (Å²) in [6.45, 7) is 28.2. The Morgan fingerprint density at radius 3 is 1.23 bits per heavy atom. The van der Waals surface area contributed by atoms with Crippen molar-refractivity contribution in [3.63, 3.8) is 0 Å². The van der Waals surface area contributed by atoms with Gasteiger partial charge >= 0.3 is 0 Å². The molecule has 70 heavy (non-hydrogen) atoms. The van der Waals surface area contributed by atoms with Gasteiger partial charge in [0.15, 0.2) is 6.17 Å². The van der Waals surface area contributed by atoms with Crippen LogP contribution in [0.15, 0.2) is 170 Å². The van der Waals surface area contributed by atoms with Crippen molar-refractivity contribution in [1.29, 1.82) is 0 Å². The molecule has 1 aliphatic heterocycles. The third-order valence-electron chi connectivity index (χ3n) is 16.0. The molecule has 0 N–H and O–H groups in total. The Kier molecular flexibility index (Phi) is 11.0. The van der Waals surface area contributed by atoms with Crippen molar-refractivity contribution in [2.45, 2.75) is 118 Å². The van der Waals surface area contributed by atoms with Crippen LogP contribution in [0, 0.1) is 6.17 Å². The van der Waals surface area contributed by atoms with E-state index in [9.17, 15) is 0 Å². The number of rotatable bonds is 10. The molecule has 8 aromatic rings. The van der Waals surface area contributed by atoms with E-state index in [1.54, 1.807) is 0 Å². The fourth-order valence-electron chi connectivity index (χ4n) is 12.3. The summed E-state index contributed by atoms with van der Waals surface area (Å²) in [5.41, 5.74) is 25.6. The summed E-state index contributed by atoms with van der Waals surface area (Å²) in [6, 6.07) is 64.9. The van der Waals surface area contributed by atoms with Crippen molar-refractivity contribution in [3.05, 3.63) is 226 Å². The Hall–Kier alpha value is -6.84. The molecule has 0 saturated carbocycles. The molecule has 0 spiro atoms. The molecular weight excluding hydrogens is 847 g/mol. The minimum atomic E-state index is -0.137. The van der Waals surface area contributed by atoms with E-state index in [1.807, 2.05) is 0 Å². The molecule has 0 fully saturated rings. The topological polar surface area (TPSA) is 9.72 Å². The molecule has 11 rings (SSSR count). The van der Waals surface area contributed by atoms with E-state index in [0.717, 1.165) is 28.8 Å². The minimum Gasteiger partial charge on any atom is -0.310 e. The number of nitrogens with zero attached hydrogens (tertiary/aromatic N) is 3. The molecule has 0 amide bonds. The fourth-order valence-corrected chi connectivity index (χ4v) is 12.3. The third kappa shape index (κ3) is 6.97. The summed E-state index contributed by atoms with van der Waals surface area (Å²) in [5.74, 6) is 1.26. The van der Waals surface area contributed by atoms with Crippen LogP contribution >= 0.6 is 0 Å². The Morgan fingerprint density at radius 2 is 0.729 bits per heavy atom. The summed E-state index contributed by atoms with van der Waals surface area (Å²) >= 11 is 0. The molecule has 8 aromatic carbocycles. The minimum absolute atomic E-state index is 0.0820. The normalized spacial score (nSPS) is 15.2. The van der Waals surface area contributed by atoms with Crippen molar-refractivity contribution in [2.75, 3.05) is 14.7 Å².